The molecule has 1 aliphatic carbocycles. The van der Waals surface area contributed by atoms with Crippen molar-refractivity contribution < 1.29 is 0 Å². The fourth-order valence-corrected chi connectivity index (χ4v) is 3.50. The quantitative estimate of drug-likeness (QED) is 0.871. The molecule has 3 unspecified atom stereocenters. The first-order chi connectivity index (χ1) is 8.99. The summed E-state index contributed by atoms with van der Waals surface area (Å²) in [7, 11) is 0. The van der Waals surface area contributed by atoms with Crippen LogP contribution in [0.4, 0.5) is 0 Å². The van der Waals surface area contributed by atoms with Crippen LogP contribution in [-0.4, -0.2) is 16.2 Å². The number of nitrogens with one attached hydrogen (secondary N) is 2. The molecule has 0 bridgehead atoms. The summed E-state index contributed by atoms with van der Waals surface area (Å²) in [6, 6.07) is 0.664. The highest BCUT2D eigenvalue weighted by Gasteiger charge is 2.30. The van der Waals surface area contributed by atoms with E-state index in [-0.39, 0.29) is 0 Å². The van der Waals surface area contributed by atoms with Crippen LogP contribution in [0.15, 0.2) is 0 Å². The smallest absolute Gasteiger partial charge is 0.0638 e. The van der Waals surface area contributed by atoms with Crippen molar-refractivity contribution in [2.24, 2.45) is 17.8 Å². The Balaban J connectivity index is 1.99. The van der Waals surface area contributed by atoms with E-state index >= 15 is 0 Å². The molecule has 0 radical (unpaired) electrons. The molecule has 0 aliphatic heterocycles. The summed E-state index contributed by atoms with van der Waals surface area (Å²) in [4.78, 5) is 0. The number of aromatic amines is 1. The fraction of sp³-hybridized carbons (Fsp3) is 0.812. The first-order valence-electron chi connectivity index (χ1n) is 7.72. The number of nitrogens with zero attached hydrogens (tertiary/aromatic N) is 1. The molecule has 0 spiro atoms. The van der Waals surface area contributed by atoms with Crippen molar-refractivity contribution >= 4 is 0 Å². The van der Waals surface area contributed by atoms with Gasteiger partial charge in [-0.1, -0.05) is 27.2 Å². The number of hydrogen-bond donors (Lipinski definition) is 2. The third kappa shape index (κ3) is 3.38. The average molecular weight is 263 g/mol. The zero-order valence-corrected chi connectivity index (χ0v) is 13.1. The molecular weight excluding hydrogens is 234 g/mol. The molecule has 19 heavy (non-hydrogen) atoms. The van der Waals surface area contributed by atoms with Crippen molar-refractivity contribution in [3.63, 3.8) is 0 Å². The number of aryl methyl sites for hydroxylation is 2. The van der Waals surface area contributed by atoms with Crippen LogP contribution in [0.5, 0.6) is 0 Å². The van der Waals surface area contributed by atoms with Gasteiger partial charge in [0.2, 0.25) is 0 Å². The lowest BCUT2D eigenvalue weighted by Gasteiger charge is -2.38. The maximum absolute atomic E-state index is 4.28. The van der Waals surface area contributed by atoms with Crippen LogP contribution in [0.2, 0.25) is 0 Å². The predicted octanol–water partition coefficient (Wildman–Crippen LogP) is 3.58. The van der Waals surface area contributed by atoms with Crippen molar-refractivity contribution in [2.75, 3.05) is 0 Å². The summed E-state index contributed by atoms with van der Waals surface area (Å²) in [5, 5.41) is 11.2. The van der Waals surface area contributed by atoms with Gasteiger partial charge in [0.15, 0.2) is 0 Å². The van der Waals surface area contributed by atoms with Gasteiger partial charge in [0.25, 0.3) is 0 Å². The third-order valence-corrected chi connectivity index (χ3v) is 4.84. The molecule has 3 heteroatoms. The molecule has 1 saturated carbocycles. The summed E-state index contributed by atoms with van der Waals surface area (Å²) in [6.45, 7) is 12.3. The number of H-pyrrole nitrogens is 1. The summed E-state index contributed by atoms with van der Waals surface area (Å²) in [5.41, 5.74) is 3.69. The van der Waals surface area contributed by atoms with Crippen LogP contribution in [-0.2, 0) is 6.54 Å². The van der Waals surface area contributed by atoms with Gasteiger partial charge in [-0.05, 0) is 44.4 Å². The van der Waals surface area contributed by atoms with E-state index in [1.807, 2.05) is 0 Å². The molecule has 0 amide bonds. The average Bonchev–Trinajstić information content (AvgIpc) is 2.66. The van der Waals surface area contributed by atoms with Gasteiger partial charge in [-0.2, -0.15) is 5.10 Å². The zero-order chi connectivity index (χ0) is 14.0. The van der Waals surface area contributed by atoms with Crippen LogP contribution in [0, 0.1) is 31.6 Å². The van der Waals surface area contributed by atoms with E-state index in [1.165, 1.54) is 30.5 Å². The van der Waals surface area contributed by atoms with Crippen molar-refractivity contribution in [3.05, 3.63) is 17.0 Å². The minimum Gasteiger partial charge on any atom is -0.309 e. The van der Waals surface area contributed by atoms with E-state index in [4.69, 9.17) is 0 Å². The number of rotatable bonds is 4. The van der Waals surface area contributed by atoms with Gasteiger partial charge in [-0.25, -0.2) is 0 Å². The SMILES string of the molecule is Cc1n[nH]c(C)c1CNC1CC(C)CCC1C(C)C. The van der Waals surface area contributed by atoms with Crippen LogP contribution in [0.25, 0.3) is 0 Å². The molecule has 1 aliphatic rings. The van der Waals surface area contributed by atoms with Crippen LogP contribution in [0.1, 0.15) is 57.0 Å². The second kappa shape index (κ2) is 6.08. The Labute approximate surface area is 117 Å². The zero-order valence-electron chi connectivity index (χ0n) is 13.1. The lowest BCUT2D eigenvalue weighted by Crippen LogP contribution is -2.42. The third-order valence-electron chi connectivity index (χ3n) is 4.84. The van der Waals surface area contributed by atoms with Crippen molar-refractivity contribution in [2.45, 2.75) is 66.5 Å². The minimum atomic E-state index is 0.664. The molecule has 0 saturated heterocycles. The Morgan fingerprint density at radius 2 is 2.05 bits per heavy atom. The number of aromatic nitrogens is 2. The van der Waals surface area contributed by atoms with Gasteiger partial charge < -0.3 is 5.32 Å². The monoisotopic (exact) mass is 263 g/mol. The van der Waals surface area contributed by atoms with E-state index < -0.39 is 0 Å². The van der Waals surface area contributed by atoms with Gasteiger partial charge in [0, 0.05) is 23.8 Å². The van der Waals surface area contributed by atoms with Crippen molar-refractivity contribution in [1.82, 2.24) is 15.5 Å². The summed E-state index contributed by atoms with van der Waals surface area (Å²) in [5.74, 6) is 2.46. The minimum absolute atomic E-state index is 0.664. The highest BCUT2D eigenvalue weighted by atomic mass is 15.1. The topological polar surface area (TPSA) is 40.7 Å². The standard InChI is InChI=1S/C16H29N3/c1-10(2)14-7-6-11(3)8-16(14)17-9-15-12(4)18-19-13(15)5/h10-11,14,16-17H,6-9H2,1-5H3,(H,18,19). The van der Waals surface area contributed by atoms with Crippen molar-refractivity contribution in [1.29, 1.82) is 0 Å². The second-order valence-corrected chi connectivity index (χ2v) is 6.73. The van der Waals surface area contributed by atoms with Gasteiger partial charge in [-0.15, -0.1) is 0 Å². The van der Waals surface area contributed by atoms with E-state index in [0.717, 1.165) is 30.0 Å². The fourth-order valence-electron chi connectivity index (χ4n) is 3.50. The molecule has 1 aromatic heterocycles. The molecule has 2 rings (SSSR count). The number of hydrogen-bond acceptors (Lipinski definition) is 2. The van der Waals surface area contributed by atoms with Crippen LogP contribution >= 0.6 is 0 Å². The Morgan fingerprint density at radius 1 is 1.32 bits per heavy atom. The Hall–Kier alpha value is -0.830. The molecule has 3 nitrogen and oxygen atoms in total. The van der Waals surface area contributed by atoms with E-state index in [9.17, 15) is 0 Å². The van der Waals surface area contributed by atoms with Gasteiger partial charge in [0.05, 0.1) is 5.69 Å². The highest BCUT2D eigenvalue weighted by Crippen LogP contribution is 2.33. The van der Waals surface area contributed by atoms with Gasteiger partial charge in [0.1, 0.15) is 0 Å². The summed E-state index contributed by atoms with van der Waals surface area (Å²) >= 11 is 0. The lowest BCUT2D eigenvalue weighted by atomic mass is 9.74. The molecule has 3 atom stereocenters. The largest absolute Gasteiger partial charge is 0.309 e. The Kier molecular flexibility index (Phi) is 4.67. The van der Waals surface area contributed by atoms with Gasteiger partial charge >= 0.3 is 0 Å². The van der Waals surface area contributed by atoms with E-state index in [1.54, 1.807) is 0 Å². The maximum atomic E-state index is 4.28. The Morgan fingerprint density at radius 3 is 2.63 bits per heavy atom. The highest BCUT2D eigenvalue weighted by molar-refractivity contribution is 5.22. The molecule has 1 aromatic rings. The predicted molar refractivity (Wildman–Crippen MR) is 80.0 cm³/mol. The van der Waals surface area contributed by atoms with Gasteiger partial charge in [-0.3, -0.25) is 5.10 Å². The van der Waals surface area contributed by atoms with Crippen LogP contribution < -0.4 is 5.32 Å². The first kappa shape index (κ1) is 14.6. The molecule has 2 N–H and O–H groups in total. The van der Waals surface area contributed by atoms with Crippen molar-refractivity contribution in [3.8, 4) is 0 Å². The second-order valence-electron chi connectivity index (χ2n) is 6.73. The maximum Gasteiger partial charge on any atom is 0.0638 e. The summed E-state index contributed by atoms with van der Waals surface area (Å²) in [6.07, 6.45) is 4.09. The molecule has 108 valence electrons. The lowest BCUT2D eigenvalue weighted by molar-refractivity contribution is 0.169. The molecule has 1 heterocycles. The molecule has 0 aromatic carbocycles. The normalized spacial score (nSPS) is 28.0. The van der Waals surface area contributed by atoms with E-state index in [2.05, 4.69) is 50.1 Å². The molecular formula is C16H29N3. The van der Waals surface area contributed by atoms with E-state index in [0.29, 0.717) is 6.04 Å². The summed E-state index contributed by atoms with van der Waals surface area (Å²) < 4.78 is 0. The molecule has 1 fully saturated rings. The van der Waals surface area contributed by atoms with Crippen LogP contribution in [0.3, 0.4) is 0 Å². The first-order valence-corrected chi connectivity index (χ1v) is 7.72. The Bertz CT molecular complexity index is 389.